The normalized spacial score (nSPS) is 10.6. The van der Waals surface area contributed by atoms with Gasteiger partial charge in [-0.15, -0.1) is 0 Å². The standard InChI is InChI=1S/C17H15N3O2/c1-10-11(2)19-15-9-12(7-8-13(15)18-10)17(22)20-14-5-3-4-6-16(14)21/h3-9,21H,1-2H3,(H,20,22). The predicted octanol–water partition coefficient (Wildman–Crippen LogP) is 3.20. The quantitative estimate of drug-likeness (QED) is 0.711. The van der Waals surface area contributed by atoms with Crippen LogP contribution in [0.2, 0.25) is 0 Å². The van der Waals surface area contributed by atoms with Gasteiger partial charge >= 0.3 is 0 Å². The number of hydrogen-bond donors (Lipinski definition) is 2. The monoisotopic (exact) mass is 293 g/mol. The van der Waals surface area contributed by atoms with Crippen molar-refractivity contribution in [3.05, 3.63) is 59.4 Å². The minimum Gasteiger partial charge on any atom is -0.506 e. The topological polar surface area (TPSA) is 75.1 Å². The Bertz CT molecular complexity index is 875. The van der Waals surface area contributed by atoms with Gasteiger partial charge in [0.25, 0.3) is 5.91 Å². The molecule has 0 aliphatic heterocycles. The Balaban J connectivity index is 1.94. The van der Waals surface area contributed by atoms with Gasteiger partial charge in [0, 0.05) is 5.56 Å². The summed E-state index contributed by atoms with van der Waals surface area (Å²) in [7, 11) is 0. The van der Waals surface area contributed by atoms with Gasteiger partial charge < -0.3 is 10.4 Å². The van der Waals surface area contributed by atoms with Gasteiger partial charge in [-0.25, -0.2) is 9.97 Å². The van der Waals surface area contributed by atoms with E-state index in [-0.39, 0.29) is 11.7 Å². The summed E-state index contributed by atoms with van der Waals surface area (Å²) in [6.45, 7) is 3.79. The number of anilines is 1. The van der Waals surface area contributed by atoms with Crippen LogP contribution in [0.1, 0.15) is 21.7 Å². The lowest BCUT2D eigenvalue weighted by Crippen LogP contribution is -2.12. The van der Waals surface area contributed by atoms with E-state index in [2.05, 4.69) is 15.3 Å². The number of phenols is 1. The molecule has 0 fully saturated rings. The number of hydrogen-bond acceptors (Lipinski definition) is 4. The van der Waals surface area contributed by atoms with E-state index < -0.39 is 0 Å². The summed E-state index contributed by atoms with van der Waals surface area (Å²) in [5.74, 6) is -0.272. The van der Waals surface area contributed by atoms with E-state index in [1.165, 1.54) is 6.07 Å². The molecule has 3 aromatic rings. The van der Waals surface area contributed by atoms with Crippen molar-refractivity contribution in [3.8, 4) is 5.75 Å². The van der Waals surface area contributed by atoms with E-state index in [0.29, 0.717) is 16.8 Å². The van der Waals surface area contributed by atoms with Gasteiger partial charge in [0.15, 0.2) is 0 Å². The number of nitrogens with one attached hydrogen (secondary N) is 1. The fourth-order valence-corrected chi connectivity index (χ4v) is 2.15. The van der Waals surface area contributed by atoms with Crippen LogP contribution >= 0.6 is 0 Å². The number of carbonyl (C=O) groups excluding carboxylic acids is 1. The Morgan fingerprint density at radius 2 is 1.68 bits per heavy atom. The van der Waals surface area contributed by atoms with E-state index in [9.17, 15) is 9.90 Å². The molecule has 0 aliphatic carbocycles. The lowest BCUT2D eigenvalue weighted by atomic mass is 10.1. The van der Waals surface area contributed by atoms with Gasteiger partial charge in [-0.1, -0.05) is 12.1 Å². The van der Waals surface area contributed by atoms with E-state index in [1.807, 2.05) is 13.8 Å². The van der Waals surface area contributed by atoms with E-state index in [4.69, 9.17) is 0 Å². The van der Waals surface area contributed by atoms with Gasteiger partial charge in [-0.2, -0.15) is 0 Å². The molecule has 0 spiro atoms. The molecule has 5 nitrogen and oxygen atoms in total. The number of para-hydroxylation sites is 2. The molecule has 0 unspecified atom stereocenters. The number of aromatic hydroxyl groups is 1. The number of phenolic OH excluding ortho intramolecular Hbond substituents is 1. The first-order valence-electron chi connectivity index (χ1n) is 6.89. The lowest BCUT2D eigenvalue weighted by Gasteiger charge is -2.08. The molecule has 1 amide bonds. The van der Waals surface area contributed by atoms with Crippen molar-refractivity contribution in [1.29, 1.82) is 0 Å². The third-order valence-corrected chi connectivity index (χ3v) is 3.49. The number of rotatable bonds is 2. The minimum atomic E-state index is -0.302. The molecule has 3 rings (SSSR count). The second-order valence-electron chi connectivity index (χ2n) is 5.07. The highest BCUT2D eigenvalue weighted by Gasteiger charge is 2.10. The molecule has 0 atom stereocenters. The second-order valence-corrected chi connectivity index (χ2v) is 5.07. The Morgan fingerprint density at radius 3 is 2.41 bits per heavy atom. The maximum Gasteiger partial charge on any atom is 0.255 e. The van der Waals surface area contributed by atoms with Gasteiger partial charge in [0.05, 0.1) is 28.1 Å². The number of aromatic nitrogens is 2. The summed E-state index contributed by atoms with van der Waals surface area (Å²) in [4.78, 5) is 21.2. The average Bonchev–Trinajstić information content (AvgIpc) is 2.50. The van der Waals surface area contributed by atoms with E-state index >= 15 is 0 Å². The van der Waals surface area contributed by atoms with Crippen molar-refractivity contribution in [2.75, 3.05) is 5.32 Å². The van der Waals surface area contributed by atoms with Crippen molar-refractivity contribution in [2.24, 2.45) is 0 Å². The summed E-state index contributed by atoms with van der Waals surface area (Å²) in [5, 5.41) is 12.4. The van der Waals surface area contributed by atoms with Crippen molar-refractivity contribution in [3.63, 3.8) is 0 Å². The maximum atomic E-state index is 12.3. The van der Waals surface area contributed by atoms with Gasteiger partial charge in [0.1, 0.15) is 5.75 Å². The van der Waals surface area contributed by atoms with Gasteiger partial charge in [-0.05, 0) is 44.2 Å². The smallest absolute Gasteiger partial charge is 0.255 e. The van der Waals surface area contributed by atoms with Crippen LogP contribution in [0.25, 0.3) is 11.0 Å². The van der Waals surface area contributed by atoms with Crippen LogP contribution in [0.4, 0.5) is 5.69 Å². The fourth-order valence-electron chi connectivity index (χ4n) is 2.15. The molecule has 0 saturated carbocycles. The molecule has 2 aromatic carbocycles. The number of aryl methyl sites for hydroxylation is 2. The molecule has 0 radical (unpaired) electrons. The van der Waals surface area contributed by atoms with Gasteiger partial charge in [-0.3, -0.25) is 4.79 Å². The lowest BCUT2D eigenvalue weighted by molar-refractivity contribution is 0.102. The van der Waals surface area contributed by atoms with Crippen LogP contribution in [0, 0.1) is 13.8 Å². The van der Waals surface area contributed by atoms with Crippen LogP contribution in [-0.4, -0.2) is 21.0 Å². The first kappa shape index (κ1) is 14.0. The molecular weight excluding hydrogens is 278 g/mol. The van der Waals surface area contributed by atoms with Crippen molar-refractivity contribution in [2.45, 2.75) is 13.8 Å². The van der Waals surface area contributed by atoms with E-state index in [1.54, 1.807) is 36.4 Å². The molecule has 0 bridgehead atoms. The zero-order valence-corrected chi connectivity index (χ0v) is 12.3. The molecular formula is C17H15N3O2. The molecule has 1 heterocycles. The molecule has 110 valence electrons. The first-order valence-corrected chi connectivity index (χ1v) is 6.89. The number of carbonyl (C=O) groups is 1. The molecule has 5 heteroatoms. The van der Waals surface area contributed by atoms with Crippen LogP contribution in [0.3, 0.4) is 0 Å². The predicted molar refractivity (Wildman–Crippen MR) is 85.1 cm³/mol. The zero-order valence-electron chi connectivity index (χ0n) is 12.3. The zero-order chi connectivity index (χ0) is 15.7. The first-order chi connectivity index (χ1) is 10.5. The molecule has 1 aromatic heterocycles. The molecule has 0 saturated heterocycles. The number of nitrogens with zero attached hydrogens (tertiary/aromatic N) is 2. The fraction of sp³-hybridized carbons (Fsp3) is 0.118. The maximum absolute atomic E-state index is 12.3. The summed E-state index contributed by atoms with van der Waals surface area (Å²) in [5.41, 5.74) is 3.98. The second kappa shape index (κ2) is 5.44. The average molecular weight is 293 g/mol. The van der Waals surface area contributed by atoms with Crippen molar-refractivity contribution >= 4 is 22.6 Å². The Morgan fingerprint density at radius 1 is 1.00 bits per heavy atom. The number of fused-ring (bicyclic) bond motifs is 1. The molecule has 0 aliphatic rings. The Hall–Kier alpha value is -2.95. The van der Waals surface area contributed by atoms with Crippen LogP contribution in [0.5, 0.6) is 5.75 Å². The van der Waals surface area contributed by atoms with Crippen molar-refractivity contribution in [1.82, 2.24) is 9.97 Å². The number of benzene rings is 2. The molecule has 22 heavy (non-hydrogen) atoms. The largest absolute Gasteiger partial charge is 0.506 e. The summed E-state index contributed by atoms with van der Waals surface area (Å²) in [6.07, 6.45) is 0. The third-order valence-electron chi connectivity index (χ3n) is 3.49. The highest BCUT2D eigenvalue weighted by atomic mass is 16.3. The number of amides is 1. The van der Waals surface area contributed by atoms with E-state index in [0.717, 1.165) is 16.9 Å². The summed E-state index contributed by atoms with van der Waals surface area (Å²) < 4.78 is 0. The van der Waals surface area contributed by atoms with Crippen LogP contribution in [0.15, 0.2) is 42.5 Å². The SMILES string of the molecule is Cc1nc2ccc(C(=O)Nc3ccccc3O)cc2nc1C. The summed E-state index contributed by atoms with van der Waals surface area (Å²) >= 11 is 0. The highest BCUT2D eigenvalue weighted by molar-refractivity contribution is 6.06. The summed E-state index contributed by atoms with van der Waals surface area (Å²) in [6, 6.07) is 11.8. The highest BCUT2D eigenvalue weighted by Crippen LogP contribution is 2.23. The third kappa shape index (κ3) is 2.61. The Kier molecular flexibility index (Phi) is 3.47. The Labute approximate surface area is 127 Å². The van der Waals surface area contributed by atoms with Crippen LogP contribution < -0.4 is 5.32 Å². The van der Waals surface area contributed by atoms with Crippen molar-refractivity contribution < 1.29 is 9.90 Å². The minimum absolute atomic E-state index is 0.0305. The van der Waals surface area contributed by atoms with Gasteiger partial charge in [0.2, 0.25) is 0 Å². The molecule has 2 N–H and O–H groups in total. The van der Waals surface area contributed by atoms with Crippen LogP contribution in [-0.2, 0) is 0 Å².